The summed E-state index contributed by atoms with van der Waals surface area (Å²) < 4.78 is 7.10. The first kappa shape index (κ1) is 19.4. The Labute approximate surface area is 164 Å². The van der Waals surface area contributed by atoms with E-state index in [9.17, 15) is 14.9 Å². The van der Waals surface area contributed by atoms with Gasteiger partial charge in [0.1, 0.15) is 12.1 Å². The second kappa shape index (κ2) is 8.53. The molecule has 28 heavy (non-hydrogen) atoms. The minimum absolute atomic E-state index is 0.0889. The van der Waals surface area contributed by atoms with Gasteiger partial charge in [0.25, 0.3) is 5.69 Å². The molecular formula is C18H17N5O4S. The molecule has 3 aromatic rings. The molecule has 0 spiro atoms. The highest BCUT2D eigenvalue weighted by atomic mass is 32.2. The smallest absolute Gasteiger partial charge is 0.271 e. The number of aromatic nitrogens is 3. The molecule has 0 saturated heterocycles. The van der Waals surface area contributed by atoms with E-state index >= 15 is 0 Å². The van der Waals surface area contributed by atoms with Crippen molar-refractivity contribution in [3.63, 3.8) is 0 Å². The second-order valence-corrected chi connectivity index (χ2v) is 7.02. The standard InChI is InChI=1S/C18H17N5O4S/c1-12(17(24)20-13-6-5-7-14(10-13)23(25)26)28-18-21-19-11-22(18)15-8-3-4-9-16(15)27-2/h3-12H,1-2H3,(H,20,24)/t12-/m0/s1. The van der Waals surface area contributed by atoms with Crippen molar-refractivity contribution in [3.8, 4) is 11.4 Å². The van der Waals surface area contributed by atoms with Crippen LogP contribution in [0.25, 0.3) is 5.69 Å². The van der Waals surface area contributed by atoms with Crippen molar-refractivity contribution in [2.75, 3.05) is 12.4 Å². The number of methoxy groups -OCH3 is 1. The molecule has 1 atom stereocenters. The van der Waals surface area contributed by atoms with E-state index in [2.05, 4.69) is 15.5 Å². The van der Waals surface area contributed by atoms with E-state index in [1.165, 1.54) is 30.0 Å². The third kappa shape index (κ3) is 4.29. The Hall–Kier alpha value is -3.40. The van der Waals surface area contributed by atoms with E-state index in [4.69, 9.17) is 4.74 Å². The molecule has 0 aliphatic heterocycles. The van der Waals surface area contributed by atoms with Crippen LogP contribution in [-0.4, -0.2) is 38.0 Å². The van der Waals surface area contributed by atoms with Crippen molar-refractivity contribution in [2.45, 2.75) is 17.3 Å². The minimum atomic E-state index is -0.517. The zero-order chi connectivity index (χ0) is 20.1. The predicted octanol–water partition coefficient (Wildman–Crippen LogP) is 3.30. The number of hydrogen-bond acceptors (Lipinski definition) is 7. The van der Waals surface area contributed by atoms with Crippen LogP contribution < -0.4 is 10.1 Å². The zero-order valence-electron chi connectivity index (χ0n) is 15.1. The van der Waals surface area contributed by atoms with E-state index in [1.54, 1.807) is 31.0 Å². The van der Waals surface area contributed by atoms with Gasteiger partial charge in [-0.15, -0.1) is 10.2 Å². The van der Waals surface area contributed by atoms with Gasteiger partial charge in [-0.25, -0.2) is 0 Å². The maximum Gasteiger partial charge on any atom is 0.271 e. The molecule has 144 valence electrons. The third-order valence-electron chi connectivity index (χ3n) is 3.84. The monoisotopic (exact) mass is 399 g/mol. The number of carbonyl (C=O) groups is 1. The van der Waals surface area contributed by atoms with Crippen LogP contribution in [0.2, 0.25) is 0 Å². The summed E-state index contributed by atoms with van der Waals surface area (Å²) in [4.78, 5) is 22.9. The number of para-hydroxylation sites is 2. The maximum absolute atomic E-state index is 12.5. The van der Waals surface area contributed by atoms with E-state index in [0.717, 1.165) is 5.69 Å². The number of anilines is 1. The Balaban J connectivity index is 1.74. The molecule has 0 radical (unpaired) electrons. The number of nitro benzene ring substituents is 1. The van der Waals surface area contributed by atoms with Crippen LogP contribution in [0, 0.1) is 10.1 Å². The summed E-state index contributed by atoms with van der Waals surface area (Å²) in [6, 6.07) is 13.2. The lowest BCUT2D eigenvalue weighted by atomic mass is 10.2. The maximum atomic E-state index is 12.5. The van der Waals surface area contributed by atoms with Crippen LogP contribution in [0.5, 0.6) is 5.75 Å². The number of rotatable bonds is 7. The zero-order valence-corrected chi connectivity index (χ0v) is 15.9. The molecule has 0 fully saturated rings. The van der Waals surface area contributed by atoms with E-state index in [0.29, 0.717) is 16.6 Å². The number of hydrogen-bond donors (Lipinski definition) is 1. The Kier molecular flexibility index (Phi) is 5.90. The quantitative estimate of drug-likeness (QED) is 0.368. The number of nitrogens with one attached hydrogen (secondary N) is 1. The molecule has 1 N–H and O–H groups in total. The highest BCUT2D eigenvalue weighted by molar-refractivity contribution is 8.00. The normalized spacial score (nSPS) is 11.6. The van der Waals surface area contributed by atoms with Crippen molar-refractivity contribution in [3.05, 3.63) is 65.0 Å². The average molecular weight is 399 g/mol. The number of nitrogens with zero attached hydrogens (tertiary/aromatic N) is 4. The van der Waals surface area contributed by atoms with Crippen molar-refractivity contribution in [2.24, 2.45) is 0 Å². The minimum Gasteiger partial charge on any atom is -0.495 e. The fraction of sp³-hybridized carbons (Fsp3) is 0.167. The molecule has 0 saturated carbocycles. The van der Waals surface area contributed by atoms with E-state index < -0.39 is 10.2 Å². The molecule has 3 rings (SSSR count). The van der Waals surface area contributed by atoms with Gasteiger partial charge in [0, 0.05) is 17.8 Å². The number of ether oxygens (including phenoxy) is 1. The number of carbonyl (C=O) groups excluding carboxylic acids is 1. The fourth-order valence-corrected chi connectivity index (χ4v) is 3.29. The Bertz CT molecular complexity index is 1010. The molecule has 1 heterocycles. The van der Waals surface area contributed by atoms with Crippen LogP contribution in [0.15, 0.2) is 60.0 Å². The van der Waals surface area contributed by atoms with Gasteiger partial charge < -0.3 is 10.1 Å². The lowest BCUT2D eigenvalue weighted by Gasteiger charge is -2.14. The highest BCUT2D eigenvalue weighted by Crippen LogP contribution is 2.29. The highest BCUT2D eigenvalue weighted by Gasteiger charge is 2.20. The van der Waals surface area contributed by atoms with Gasteiger partial charge >= 0.3 is 0 Å². The van der Waals surface area contributed by atoms with Crippen LogP contribution in [0.4, 0.5) is 11.4 Å². The third-order valence-corrected chi connectivity index (χ3v) is 4.89. The number of nitro groups is 1. The Morgan fingerprint density at radius 3 is 2.82 bits per heavy atom. The largest absolute Gasteiger partial charge is 0.495 e. The van der Waals surface area contributed by atoms with E-state index in [-0.39, 0.29) is 11.6 Å². The molecule has 9 nitrogen and oxygen atoms in total. The van der Waals surface area contributed by atoms with Gasteiger partial charge in [0.15, 0.2) is 5.16 Å². The molecule has 2 aromatic carbocycles. The first-order valence-corrected chi connectivity index (χ1v) is 9.13. The fourth-order valence-electron chi connectivity index (χ4n) is 2.45. The van der Waals surface area contributed by atoms with Crippen molar-refractivity contribution < 1.29 is 14.5 Å². The van der Waals surface area contributed by atoms with E-state index in [1.807, 2.05) is 24.3 Å². The second-order valence-electron chi connectivity index (χ2n) is 5.71. The number of thioether (sulfide) groups is 1. The first-order valence-electron chi connectivity index (χ1n) is 8.25. The van der Waals surface area contributed by atoms with Crippen LogP contribution >= 0.6 is 11.8 Å². The summed E-state index contributed by atoms with van der Waals surface area (Å²) in [5.41, 5.74) is 1.02. The molecule has 1 amide bonds. The molecule has 0 aliphatic carbocycles. The van der Waals surface area contributed by atoms with Gasteiger partial charge in [-0.2, -0.15) is 0 Å². The van der Waals surface area contributed by atoms with Gasteiger partial charge in [-0.1, -0.05) is 30.0 Å². The molecule has 10 heteroatoms. The molecular weight excluding hydrogens is 382 g/mol. The average Bonchev–Trinajstić information content (AvgIpc) is 3.15. The van der Waals surface area contributed by atoms with Gasteiger partial charge in [-0.3, -0.25) is 19.5 Å². The first-order chi connectivity index (χ1) is 13.5. The van der Waals surface area contributed by atoms with Crippen molar-refractivity contribution in [1.29, 1.82) is 0 Å². The lowest BCUT2D eigenvalue weighted by Crippen LogP contribution is -2.22. The summed E-state index contributed by atoms with van der Waals surface area (Å²) >= 11 is 1.22. The van der Waals surface area contributed by atoms with Crippen molar-refractivity contribution >= 4 is 29.0 Å². The number of benzene rings is 2. The van der Waals surface area contributed by atoms with Gasteiger partial charge in [0.2, 0.25) is 5.91 Å². The molecule has 1 aromatic heterocycles. The Morgan fingerprint density at radius 1 is 1.29 bits per heavy atom. The number of amides is 1. The Morgan fingerprint density at radius 2 is 2.07 bits per heavy atom. The summed E-state index contributed by atoms with van der Waals surface area (Å²) in [5, 5.41) is 21.6. The summed E-state index contributed by atoms with van der Waals surface area (Å²) in [6.07, 6.45) is 1.55. The summed E-state index contributed by atoms with van der Waals surface area (Å²) in [5.74, 6) is 0.345. The van der Waals surface area contributed by atoms with Crippen molar-refractivity contribution in [1.82, 2.24) is 14.8 Å². The van der Waals surface area contributed by atoms with Crippen LogP contribution in [0.1, 0.15) is 6.92 Å². The lowest BCUT2D eigenvalue weighted by molar-refractivity contribution is -0.384. The van der Waals surface area contributed by atoms with Crippen LogP contribution in [0.3, 0.4) is 0 Å². The molecule has 0 aliphatic rings. The predicted molar refractivity (Wildman–Crippen MR) is 105 cm³/mol. The van der Waals surface area contributed by atoms with Crippen LogP contribution in [-0.2, 0) is 4.79 Å². The molecule has 0 unspecified atom stereocenters. The number of non-ortho nitro benzene ring substituents is 1. The SMILES string of the molecule is COc1ccccc1-n1cnnc1S[C@@H](C)C(=O)Nc1cccc([N+](=O)[O-])c1. The van der Waals surface area contributed by atoms with Gasteiger partial charge in [-0.05, 0) is 25.1 Å². The topological polar surface area (TPSA) is 112 Å². The van der Waals surface area contributed by atoms with Gasteiger partial charge in [0.05, 0.1) is 23.0 Å². The molecule has 0 bridgehead atoms. The summed E-state index contributed by atoms with van der Waals surface area (Å²) in [6.45, 7) is 1.72. The summed E-state index contributed by atoms with van der Waals surface area (Å²) in [7, 11) is 1.57.